The highest BCUT2D eigenvalue weighted by molar-refractivity contribution is 5.79. The molecule has 0 saturated carbocycles. The molecule has 6 heteroatoms. The summed E-state index contributed by atoms with van der Waals surface area (Å²) in [4.78, 5) is 10.8. The van der Waals surface area contributed by atoms with Gasteiger partial charge in [0.25, 0.3) is 0 Å². The van der Waals surface area contributed by atoms with Crippen molar-refractivity contribution in [3.05, 3.63) is 47.1 Å². The number of nitrogens with zero attached hydrogens (tertiary/aromatic N) is 4. The number of aryl methyl sites for hydroxylation is 2. The van der Waals surface area contributed by atoms with Gasteiger partial charge in [-0.05, 0) is 31.4 Å². The van der Waals surface area contributed by atoms with Gasteiger partial charge in [0.15, 0.2) is 11.8 Å². The molecule has 2 aromatic rings. The fraction of sp³-hybridized carbons (Fsp3) is 0.471. The first kappa shape index (κ1) is 17.0. The lowest BCUT2D eigenvalue weighted by molar-refractivity contribution is 0.375. The van der Waals surface area contributed by atoms with Crippen LogP contribution in [0.2, 0.25) is 0 Å². The van der Waals surface area contributed by atoms with Crippen molar-refractivity contribution in [1.82, 2.24) is 20.4 Å². The third-order valence-corrected chi connectivity index (χ3v) is 3.48. The Balaban J connectivity index is 2.02. The van der Waals surface area contributed by atoms with E-state index in [4.69, 9.17) is 4.52 Å². The molecule has 124 valence electrons. The molecule has 1 aromatic carbocycles. The van der Waals surface area contributed by atoms with Gasteiger partial charge in [-0.3, -0.25) is 0 Å². The summed E-state index contributed by atoms with van der Waals surface area (Å²) < 4.78 is 5.10. The molecule has 0 amide bonds. The molecule has 0 spiro atoms. The van der Waals surface area contributed by atoms with Gasteiger partial charge in [0.05, 0.1) is 0 Å². The molecule has 0 aliphatic heterocycles. The van der Waals surface area contributed by atoms with E-state index in [1.165, 1.54) is 11.1 Å². The Labute approximate surface area is 137 Å². The summed E-state index contributed by atoms with van der Waals surface area (Å²) in [6, 6.07) is 8.68. The molecule has 0 aliphatic carbocycles. The largest absolute Gasteiger partial charge is 0.357 e. The summed E-state index contributed by atoms with van der Waals surface area (Å²) in [7, 11) is 2.02. The fourth-order valence-corrected chi connectivity index (χ4v) is 2.25. The standard InChI is InChI=1S/C17H25N5O/c1-5-14-7-9-15(10-8-14)12-22(4)17(18-6-2)19-11-16-20-13(3)21-23-16/h7-10H,5-6,11-12H2,1-4H3,(H,18,19). The van der Waals surface area contributed by atoms with Crippen LogP contribution >= 0.6 is 0 Å². The Bertz CT molecular complexity index is 633. The Morgan fingerprint density at radius 2 is 1.91 bits per heavy atom. The van der Waals surface area contributed by atoms with Gasteiger partial charge in [-0.15, -0.1) is 0 Å². The van der Waals surface area contributed by atoms with Crippen molar-refractivity contribution in [2.45, 2.75) is 40.3 Å². The number of aliphatic imine (C=N–C) groups is 1. The highest BCUT2D eigenvalue weighted by atomic mass is 16.5. The van der Waals surface area contributed by atoms with Gasteiger partial charge in [0.2, 0.25) is 5.89 Å². The van der Waals surface area contributed by atoms with Gasteiger partial charge < -0.3 is 14.7 Å². The minimum atomic E-state index is 0.377. The molecular weight excluding hydrogens is 290 g/mol. The summed E-state index contributed by atoms with van der Waals surface area (Å²) in [6.45, 7) is 7.99. The minimum absolute atomic E-state index is 0.377. The van der Waals surface area contributed by atoms with Crippen LogP contribution in [0.5, 0.6) is 0 Å². The molecule has 23 heavy (non-hydrogen) atoms. The van der Waals surface area contributed by atoms with Crippen LogP contribution in [0.25, 0.3) is 0 Å². The summed E-state index contributed by atoms with van der Waals surface area (Å²) in [6.07, 6.45) is 1.06. The summed E-state index contributed by atoms with van der Waals surface area (Å²) in [5, 5.41) is 7.07. The van der Waals surface area contributed by atoms with E-state index in [0.29, 0.717) is 18.3 Å². The zero-order valence-corrected chi connectivity index (χ0v) is 14.3. The first-order valence-electron chi connectivity index (χ1n) is 7.98. The first-order valence-corrected chi connectivity index (χ1v) is 7.98. The predicted molar refractivity (Wildman–Crippen MR) is 91.1 cm³/mol. The smallest absolute Gasteiger partial charge is 0.248 e. The van der Waals surface area contributed by atoms with Crippen LogP contribution in [0.15, 0.2) is 33.8 Å². The maximum atomic E-state index is 5.10. The second kappa shape index (κ2) is 8.31. The maximum absolute atomic E-state index is 5.10. The monoisotopic (exact) mass is 315 g/mol. The summed E-state index contributed by atoms with van der Waals surface area (Å²) >= 11 is 0. The van der Waals surface area contributed by atoms with Crippen molar-refractivity contribution in [1.29, 1.82) is 0 Å². The van der Waals surface area contributed by atoms with Crippen molar-refractivity contribution < 1.29 is 4.52 Å². The topological polar surface area (TPSA) is 66.5 Å². The van der Waals surface area contributed by atoms with Gasteiger partial charge in [0, 0.05) is 20.1 Å². The van der Waals surface area contributed by atoms with Gasteiger partial charge in [-0.1, -0.05) is 36.3 Å². The average molecular weight is 315 g/mol. The zero-order valence-electron chi connectivity index (χ0n) is 14.3. The molecule has 2 rings (SSSR count). The molecule has 0 atom stereocenters. The Morgan fingerprint density at radius 1 is 1.22 bits per heavy atom. The van der Waals surface area contributed by atoms with Crippen molar-refractivity contribution in [2.24, 2.45) is 4.99 Å². The molecule has 0 unspecified atom stereocenters. The number of hydrogen-bond donors (Lipinski definition) is 1. The third-order valence-electron chi connectivity index (χ3n) is 3.48. The van der Waals surface area contributed by atoms with E-state index < -0.39 is 0 Å². The van der Waals surface area contributed by atoms with Gasteiger partial charge in [0.1, 0.15) is 6.54 Å². The maximum Gasteiger partial charge on any atom is 0.248 e. The molecule has 0 fully saturated rings. The zero-order chi connectivity index (χ0) is 16.7. The molecule has 0 bridgehead atoms. The lowest BCUT2D eigenvalue weighted by atomic mass is 10.1. The van der Waals surface area contributed by atoms with E-state index in [-0.39, 0.29) is 0 Å². The number of rotatable bonds is 6. The van der Waals surface area contributed by atoms with E-state index in [2.05, 4.69) is 63.5 Å². The van der Waals surface area contributed by atoms with Gasteiger partial charge in [-0.2, -0.15) is 4.98 Å². The average Bonchev–Trinajstić information content (AvgIpc) is 2.97. The molecule has 6 nitrogen and oxygen atoms in total. The second-order valence-corrected chi connectivity index (χ2v) is 5.43. The molecule has 0 saturated heterocycles. The van der Waals surface area contributed by atoms with Crippen LogP contribution < -0.4 is 5.32 Å². The van der Waals surface area contributed by atoms with Crippen LogP contribution in [-0.4, -0.2) is 34.6 Å². The Morgan fingerprint density at radius 3 is 2.48 bits per heavy atom. The van der Waals surface area contributed by atoms with E-state index in [1.807, 2.05) is 7.05 Å². The Hall–Kier alpha value is -2.37. The quantitative estimate of drug-likeness (QED) is 0.655. The molecule has 1 heterocycles. The highest BCUT2D eigenvalue weighted by Gasteiger charge is 2.08. The lowest BCUT2D eigenvalue weighted by Crippen LogP contribution is -2.38. The predicted octanol–water partition coefficient (Wildman–Crippen LogP) is 2.54. The van der Waals surface area contributed by atoms with Crippen molar-refractivity contribution in [3.8, 4) is 0 Å². The number of aromatic nitrogens is 2. The van der Waals surface area contributed by atoms with Crippen molar-refractivity contribution >= 4 is 5.96 Å². The van der Waals surface area contributed by atoms with Crippen LogP contribution in [-0.2, 0) is 19.5 Å². The van der Waals surface area contributed by atoms with Crippen LogP contribution in [0.4, 0.5) is 0 Å². The normalized spacial score (nSPS) is 11.6. The second-order valence-electron chi connectivity index (χ2n) is 5.43. The van der Waals surface area contributed by atoms with Gasteiger partial charge >= 0.3 is 0 Å². The van der Waals surface area contributed by atoms with E-state index in [9.17, 15) is 0 Å². The molecule has 1 N–H and O–H groups in total. The summed E-state index contributed by atoms with van der Waals surface area (Å²) in [5.41, 5.74) is 2.60. The highest BCUT2D eigenvalue weighted by Crippen LogP contribution is 2.08. The fourth-order valence-electron chi connectivity index (χ4n) is 2.25. The number of hydrogen-bond acceptors (Lipinski definition) is 4. The van der Waals surface area contributed by atoms with E-state index in [0.717, 1.165) is 25.5 Å². The molecule has 0 aliphatic rings. The van der Waals surface area contributed by atoms with E-state index in [1.54, 1.807) is 6.92 Å². The molecule has 1 aromatic heterocycles. The van der Waals surface area contributed by atoms with Crippen LogP contribution in [0.3, 0.4) is 0 Å². The van der Waals surface area contributed by atoms with Gasteiger partial charge in [-0.25, -0.2) is 4.99 Å². The van der Waals surface area contributed by atoms with Crippen molar-refractivity contribution in [2.75, 3.05) is 13.6 Å². The minimum Gasteiger partial charge on any atom is -0.357 e. The number of benzene rings is 1. The first-order chi connectivity index (χ1) is 11.1. The molecule has 0 radical (unpaired) electrons. The van der Waals surface area contributed by atoms with Crippen molar-refractivity contribution in [3.63, 3.8) is 0 Å². The van der Waals surface area contributed by atoms with Crippen LogP contribution in [0.1, 0.15) is 36.7 Å². The number of guanidine groups is 1. The third kappa shape index (κ3) is 5.09. The SMILES string of the molecule is CCNC(=NCc1nc(C)no1)N(C)Cc1ccc(CC)cc1. The van der Waals surface area contributed by atoms with Crippen LogP contribution in [0, 0.1) is 6.92 Å². The Kier molecular flexibility index (Phi) is 6.14. The summed E-state index contributed by atoms with van der Waals surface area (Å²) in [5.74, 6) is 1.98. The van der Waals surface area contributed by atoms with E-state index >= 15 is 0 Å². The molecular formula is C17H25N5O. The lowest BCUT2D eigenvalue weighted by Gasteiger charge is -2.22. The number of nitrogens with one attached hydrogen (secondary N) is 1.